The Kier molecular flexibility index (Phi) is 1.59. The lowest BCUT2D eigenvalue weighted by atomic mass is 9.68. The van der Waals surface area contributed by atoms with E-state index >= 15 is 0 Å². The molecule has 2 spiro atoms. The molecule has 2 saturated carbocycles. The molecule has 0 aromatic carbocycles. The summed E-state index contributed by atoms with van der Waals surface area (Å²) in [6.07, 6.45) is 1.69. The second kappa shape index (κ2) is 2.40. The van der Waals surface area contributed by atoms with Crippen molar-refractivity contribution in [2.45, 2.75) is 36.7 Å². The Morgan fingerprint density at radius 1 is 1.35 bits per heavy atom. The first kappa shape index (κ1) is 11.3. The van der Waals surface area contributed by atoms with Crippen LogP contribution in [-0.2, 0) is 14.9 Å². The van der Waals surface area contributed by atoms with Crippen molar-refractivity contribution in [1.82, 2.24) is 4.47 Å². The highest BCUT2D eigenvalue weighted by Crippen LogP contribution is 2.85. The van der Waals surface area contributed by atoms with Gasteiger partial charge in [0.05, 0.1) is 5.75 Å². The molecule has 0 aromatic heterocycles. The number of rotatable bonds is 0. The Hall–Kier alpha value is 0.450. The van der Waals surface area contributed by atoms with Crippen LogP contribution < -0.4 is 0 Å². The van der Waals surface area contributed by atoms with Crippen molar-refractivity contribution in [3.05, 3.63) is 0 Å². The highest BCUT2D eigenvalue weighted by molar-refractivity contribution is 7.89. The van der Waals surface area contributed by atoms with Gasteiger partial charge in [0.2, 0.25) is 15.7 Å². The minimum Gasteiger partial charge on any atom is -0.251 e. The molecule has 0 aromatic rings. The lowest BCUT2D eigenvalue weighted by Gasteiger charge is -2.36. The van der Waals surface area contributed by atoms with Crippen LogP contribution in [0.5, 0.6) is 0 Å². The molecule has 4 atom stereocenters. The van der Waals surface area contributed by atoms with Gasteiger partial charge in [-0.15, -0.1) is 0 Å². The molecule has 2 aliphatic heterocycles. The van der Waals surface area contributed by atoms with Gasteiger partial charge in [-0.05, 0) is 22.7 Å². The molecule has 4 nitrogen and oxygen atoms in total. The zero-order valence-electron chi connectivity index (χ0n) is 9.53. The van der Waals surface area contributed by atoms with Crippen LogP contribution in [0.2, 0.25) is 0 Å². The predicted octanol–water partition coefficient (Wildman–Crippen LogP) is 1.88. The first-order valence-electron chi connectivity index (χ1n) is 5.74. The van der Waals surface area contributed by atoms with Crippen LogP contribution in [-0.4, -0.2) is 28.7 Å². The van der Waals surface area contributed by atoms with Crippen LogP contribution in [0.25, 0.3) is 0 Å². The topological polar surface area (TPSA) is 49.7 Å². The first-order valence-corrected chi connectivity index (χ1v) is 8.10. The van der Waals surface area contributed by atoms with Crippen molar-refractivity contribution in [3.63, 3.8) is 0 Å². The van der Waals surface area contributed by atoms with E-state index in [1.807, 2.05) is 0 Å². The number of hydroxylamine groups is 1. The maximum Gasteiger partial charge on any atom is 0.239 e. The van der Waals surface area contributed by atoms with E-state index in [9.17, 15) is 8.42 Å². The second-order valence-corrected chi connectivity index (χ2v) is 9.41. The summed E-state index contributed by atoms with van der Waals surface area (Å²) in [5.41, 5.74) is -1.66. The SMILES string of the molecule is CC1(C)[C@H]2CCC13CS(=O)(=O)N1O[C@@]13C2(Cl)Cl. The van der Waals surface area contributed by atoms with Crippen LogP contribution in [0.1, 0.15) is 26.7 Å². The van der Waals surface area contributed by atoms with Crippen LogP contribution in [0, 0.1) is 16.7 Å². The van der Waals surface area contributed by atoms with E-state index in [4.69, 9.17) is 28.0 Å². The monoisotopic (exact) mass is 297 g/mol. The molecule has 2 heterocycles. The number of nitrogens with zero attached hydrogens (tertiary/aromatic N) is 1. The van der Waals surface area contributed by atoms with Crippen molar-refractivity contribution in [3.8, 4) is 0 Å². The van der Waals surface area contributed by atoms with Crippen LogP contribution in [0.4, 0.5) is 0 Å². The minimum absolute atomic E-state index is 0.0823. The normalized spacial score (nSPS) is 58.8. The molecule has 4 rings (SSSR count). The predicted molar refractivity (Wildman–Crippen MR) is 62.8 cm³/mol. The summed E-state index contributed by atoms with van der Waals surface area (Å²) in [5, 5.41) is 0. The molecule has 96 valence electrons. The molecule has 2 bridgehead atoms. The minimum atomic E-state index is -3.36. The molecule has 0 radical (unpaired) electrons. The lowest BCUT2D eigenvalue weighted by molar-refractivity contribution is 0.0704. The van der Waals surface area contributed by atoms with Gasteiger partial charge in [-0.25, -0.2) is 8.42 Å². The van der Waals surface area contributed by atoms with E-state index in [0.29, 0.717) is 0 Å². The van der Waals surface area contributed by atoms with Crippen molar-refractivity contribution in [2.24, 2.45) is 16.7 Å². The highest BCUT2D eigenvalue weighted by Gasteiger charge is 2.97. The van der Waals surface area contributed by atoms with E-state index < -0.39 is 25.5 Å². The zero-order valence-corrected chi connectivity index (χ0v) is 11.9. The second-order valence-electron chi connectivity index (χ2n) is 6.24. The largest absolute Gasteiger partial charge is 0.251 e. The van der Waals surface area contributed by atoms with Gasteiger partial charge >= 0.3 is 0 Å². The third-order valence-corrected chi connectivity index (χ3v) is 8.36. The van der Waals surface area contributed by atoms with Crippen LogP contribution in [0.3, 0.4) is 0 Å². The van der Waals surface area contributed by atoms with E-state index in [1.54, 1.807) is 0 Å². The molecule has 2 aliphatic carbocycles. The lowest BCUT2D eigenvalue weighted by Crippen LogP contribution is -2.48. The summed E-state index contributed by atoms with van der Waals surface area (Å²) in [6, 6.07) is 0. The van der Waals surface area contributed by atoms with Gasteiger partial charge in [0.1, 0.15) is 0 Å². The van der Waals surface area contributed by atoms with E-state index in [1.165, 1.54) is 0 Å². The standard InChI is InChI=1S/C10H13Cl2NO3S/c1-7(2)6-3-4-8(7)5-17(14,15)13-10(8,16-13)9(6,11)12/h6H,3-5H2,1-2H3/t6-,8?,10+,13?/m1/s1. The smallest absolute Gasteiger partial charge is 0.239 e. The maximum absolute atomic E-state index is 12.1. The summed E-state index contributed by atoms with van der Waals surface area (Å²) in [5.74, 6) is 0.198. The molecule has 2 saturated heterocycles. The number of halogens is 2. The Bertz CT molecular complexity index is 538. The van der Waals surface area contributed by atoms with Crippen LogP contribution >= 0.6 is 23.2 Å². The molecule has 4 fully saturated rings. The molecule has 2 unspecified atom stereocenters. The highest BCUT2D eigenvalue weighted by atomic mass is 35.5. The fourth-order valence-electron chi connectivity index (χ4n) is 4.73. The van der Waals surface area contributed by atoms with E-state index in [-0.39, 0.29) is 17.1 Å². The van der Waals surface area contributed by atoms with E-state index in [2.05, 4.69) is 13.8 Å². The number of hydrogen-bond acceptors (Lipinski definition) is 3. The van der Waals surface area contributed by atoms with Gasteiger partial charge in [-0.3, -0.25) is 4.84 Å². The average Bonchev–Trinajstić information content (AvgIpc) is 2.78. The third kappa shape index (κ3) is 0.778. The van der Waals surface area contributed by atoms with Crippen molar-refractivity contribution < 1.29 is 13.3 Å². The summed E-state index contributed by atoms with van der Waals surface area (Å²) in [4.78, 5) is 5.44. The van der Waals surface area contributed by atoms with Gasteiger partial charge in [0.25, 0.3) is 0 Å². The number of hydrogen-bond donors (Lipinski definition) is 0. The average molecular weight is 298 g/mol. The third-order valence-electron chi connectivity index (χ3n) is 5.62. The summed E-state index contributed by atoms with van der Waals surface area (Å²) < 4.78 is 24.1. The summed E-state index contributed by atoms with van der Waals surface area (Å²) in [6.45, 7) is 4.14. The summed E-state index contributed by atoms with van der Waals surface area (Å²) in [7, 11) is -3.36. The zero-order chi connectivity index (χ0) is 12.5. The number of alkyl halides is 2. The Morgan fingerprint density at radius 2 is 2.00 bits per heavy atom. The van der Waals surface area contributed by atoms with Crippen LogP contribution in [0.15, 0.2) is 0 Å². The van der Waals surface area contributed by atoms with Gasteiger partial charge in [-0.1, -0.05) is 37.0 Å². The molecule has 4 aliphatic rings. The first-order chi connectivity index (χ1) is 7.64. The fourth-order valence-corrected chi connectivity index (χ4v) is 8.56. The van der Waals surface area contributed by atoms with Gasteiger partial charge in [0, 0.05) is 11.3 Å². The van der Waals surface area contributed by atoms with Crippen molar-refractivity contribution in [2.75, 3.05) is 5.75 Å². The van der Waals surface area contributed by atoms with Gasteiger partial charge in [0.15, 0.2) is 4.33 Å². The quantitative estimate of drug-likeness (QED) is 0.507. The fraction of sp³-hybridized carbons (Fsp3) is 1.00. The Labute approximate surface area is 110 Å². The molecule has 7 heteroatoms. The van der Waals surface area contributed by atoms with E-state index in [0.717, 1.165) is 17.3 Å². The Balaban J connectivity index is 2.05. The van der Waals surface area contributed by atoms with Gasteiger partial charge < -0.3 is 0 Å². The molecule has 0 N–H and O–H groups in total. The molecule has 17 heavy (non-hydrogen) atoms. The number of fused-ring (bicyclic) bond motifs is 1. The van der Waals surface area contributed by atoms with Gasteiger partial charge in [-0.2, -0.15) is 0 Å². The maximum atomic E-state index is 12.1. The molecule has 0 amide bonds. The van der Waals surface area contributed by atoms with Crippen molar-refractivity contribution in [1.29, 1.82) is 0 Å². The molecular weight excluding hydrogens is 285 g/mol. The Morgan fingerprint density at radius 3 is 2.53 bits per heavy atom. The van der Waals surface area contributed by atoms with Crippen molar-refractivity contribution >= 4 is 33.2 Å². The summed E-state index contributed by atoms with van der Waals surface area (Å²) >= 11 is 13.0. The number of sulfonamides is 1. The molecular formula is C10H13Cl2NO3S.